The second-order valence-corrected chi connectivity index (χ2v) is 7.04. The average Bonchev–Trinajstić information content (AvgIpc) is 2.88. The summed E-state index contributed by atoms with van der Waals surface area (Å²) in [5, 5.41) is 11.4. The first-order valence-corrected chi connectivity index (χ1v) is 8.06. The molecule has 1 aliphatic heterocycles. The summed E-state index contributed by atoms with van der Waals surface area (Å²) in [6.07, 6.45) is 0. The molecule has 2 amide bonds. The van der Waals surface area contributed by atoms with Gasteiger partial charge in [0.15, 0.2) is 3.95 Å². The van der Waals surface area contributed by atoms with Crippen molar-refractivity contribution < 1.29 is 14.7 Å². The van der Waals surface area contributed by atoms with Crippen LogP contribution in [0.25, 0.3) is 5.57 Å². The molecule has 0 radical (unpaired) electrons. The molecule has 112 valence electrons. The van der Waals surface area contributed by atoms with E-state index < -0.39 is 5.91 Å². The van der Waals surface area contributed by atoms with E-state index >= 15 is 0 Å². The van der Waals surface area contributed by atoms with E-state index in [4.69, 9.17) is 12.2 Å². The van der Waals surface area contributed by atoms with Gasteiger partial charge in [-0.25, -0.2) is 4.99 Å². The highest BCUT2D eigenvalue weighted by Gasteiger charge is 2.25. The highest BCUT2D eigenvalue weighted by atomic mass is 79.9. The standard InChI is InChI=1S/C13H8BrN3O3S2/c1-5(18)16-17-12(20)10(22-13(17)21)9-7-4-6(14)2-3-8(7)15-11(9)19/h2-4,20H,1H3,(H,16,18). The van der Waals surface area contributed by atoms with E-state index in [9.17, 15) is 14.7 Å². The first-order chi connectivity index (χ1) is 10.4. The number of nitrogens with one attached hydrogen (secondary N) is 1. The minimum Gasteiger partial charge on any atom is -0.492 e. The van der Waals surface area contributed by atoms with Gasteiger partial charge in [-0.1, -0.05) is 27.3 Å². The number of hydrogen-bond acceptors (Lipinski definition) is 5. The van der Waals surface area contributed by atoms with Crippen molar-refractivity contribution in [2.24, 2.45) is 4.99 Å². The minimum absolute atomic E-state index is 0.228. The molecule has 1 aromatic heterocycles. The van der Waals surface area contributed by atoms with E-state index in [0.29, 0.717) is 10.6 Å². The van der Waals surface area contributed by atoms with Gasteiger partial charge in [0.1, 0.15) is 4.88 Å². The molecule has 0 saturated carbocycles. The fraction of sp³-hybridized carbons (Fsp3) is 0.0769. The Bertz CT molecular complexity index is 1010. The van der Waals surface area contributed by atoms with Gasteiger partial charge in [-0.15, -0.1) is 0 Å². The number of amides is 2. The normalized spacial score (nSPS) is 13.0. The molecule has 3 rings (SSSR count). The van der Waals surface area contributed by atoms with Gasteiger partial charge < -0.3 is 5.11 Å². The van der Waals surface area contributed by atoms with E-state index in [2.05, 4.69) is 26.3 Å². The predicted octanol–water partition coefficient (Wildman–Crippen LogP) is 1.20. The van der Waals surface area contributed by atoms with Crippen molar-refractivity contribution in [1.82, 2.24) is 4.68 Å². The third kappa shape index (κ3) is 2.40. The van der Waals surface area contributed by atoms with Gasteiger partial charge in [-0.3, -0.25) is 15.0 Å². The Hall–Kier alpha value is -1.84. The Morgan fingerprint density at radius 3 is 2.91 bits per heavy atom. The first kappa shape index (κ1) is 15.1. The van der Waals surface area contributed by atoms with Crippen LogP contribution >= 0.6 is 39.5 Å². The molecule has 0 fully saturated rings. The van der Waals surface area contributed by atoms with Crippen molar-refractivity contribution in [3.8, 4) is 5.88 Å². The number of halogens is 1. The molecule has 0 unspecified atom stereocenters. The number of carbonyl (C=O) groups is 2. The van der Waals surface area contributed by atoms with Gasteiger partial charge in [-0.2, -0.15) is 4.68 Å². The number of fused-ring (bicyclic) bond motifs is 1. The van der Waals surface area contributed by atoms with Crippen molar-refractivity contribution in [2.45, 2.75) is 6.92 Å². The zero-order chi connectivity index (χ0) is 16.0. The average molecular weight is 398 g/mol. The van der Waals surface area contributed by atoms with E-state index in [1.54, 1.807) is 18.2 Å². The maximum absolute atomic E-state index is 12.2. The Morgan fingerprint density at radius 1 is 1.50 bits per heavy atom. The van der Waals surface area contributed by atoms with Gasteiger partial charge >= 0.3 is 0 Å². The van der Waals surface area contributed by atoms with Crippen LogP contribution in [-0.4, -0.2) is 21.6 Å². The van der Waals surface area contributed by atoms with Crippen molar-refractivity contribution in [3.05, 3.63) is 42.1 Å². The molecule has 2 aromatic rings. The van der Waals surface area contributed by atoms with Crippen LogP contribution in [0.2, 0.25) is 0 Å². The van der Waals surface area contributed by atoms with Crippen LogP contribution in [0.3, 0.4) is 0 Å². The quantitative estimate of drug-likeness (QED) is 0.745. The summed E-state index contributed by atoms with van der Waals surface area (Å²) in [6.45, 7) is 1.30. The molecule has 6 nitrogen and oxygen atoms in total. The lowest BCUT2D eigenvalue weighted by Crippen LogP contribution is -2.23. The zero-order valence-corrected chi connectivity index (χ0v) is 14.3. The maximum Gasteiger partial charge on any atom is 0.279 e. The number of aromatic hydroxyl groups is 1. The molecule has 1 aliphatic rings. The molecule has 2 heterocycles. The minimum atomic E-state index is -0.449. The van der Waals surface area contributed by atoms with Crippen LogP contribution in [-0.2, 0) is 9.59 Å². The van der Waals surface area contributed by atoms with Crippen LogP contribution in [0.1, 0.15) is 11.8 Å². The Kier molecular flexibility index (Phi) is 3.71. The van der Waals surface area contributed by atoms with Gasteiger partial charge in [0.05, 0.1) is 10.9 Å². The molecule has 2 N–H and O–H groups in total. The number of thiazole rings is 1. The monoisotopic (exact) mass is 397 g/mol. The zero-order valence-electron chi connectivity index (χ0n) is 11.1. The molecule has 22 heavy (non-hydrogen) atoms. The van der Waals surface area contributed by atoms with Crippen LogP contribution in [0.4, 0.5) is 0 Å². The number of benzene rings is 1. The number of aromatic nitrogens is 1. The summed E-state index contributed by atoms with van der Waals surface area (Å²) < 4.78 is 2.10. The van der Waals surface area contributed by atoms with E-state index in [1.807, 2.05) is 0 Å². The van der Waals surface area contributed by atoms with E-state index in [0.717, 1.165) is 20.5 Å². The van der Waals surface area contributed by atoms with Crippen LogP contribution in [0.5, 0.6) is 5.88 Å². The third-order valence-corrected chi connectivity index (χ3v) is 4.82. The van der Waals surface area contributed by atoms with Crippen LogP contribution in [0, 0.1) is 3.95 Å². The predicted molar refractivity (Wildman–Crippen MR) is 87.3 cm³/mol. The summed E-state index contributed by atoms with van der Waals surface area (Å²) in [4.78, 5) is 27.6. The molecule has 0 saturated heterocycles. The SMILES string of the molecule is CC(=O)Nn1c(O)c(C2=c3cc(Br)ccc3=NC2=O)sc1=S. The lowest BCUT2D eigenvalue weighted by atomic mass is 10.1. The highest BCUT2D eigenvalue weighted by Crippen LogP contribution is 2.31. The highest BCUT2D eigenvalue weighted by molar-refractivity contribution is 9.10. The second kappa shape index (κ2) is 5.41. The Labute approximate surface area is 141 Å². The van der Waals surface area contributed by atoms with Gasteiger partial charge in [0.2, 0.25) is 11.8 Å². The van der Waals surface area contributed by atoms with E-state index in [1.165, 1.54) is 6.92 Å². The number of hydrogen-bond donors (Lipinski definition) is 2. The molecule has 0 atom stereocenters. The molecule has 1 aromatic carbocycles. The lowest BCUT2D eigenvalue weighted by Gasteiger charge is -2.04. The summed E-state index contributed by atoms with van der Waals surface area (Å²) >= 11 is 9.50. The smallest absolute Gasteiger partial charge is 0.279 e. The molecular weight excluding hydrogens is 390 g/mol. The summed E-state index contributed by atoms with van der Waals surface area (Å²) in [5.74, 6) is -1.11. The molecule has 0 aliphatic carbocycles. The maximum atomic E-state index is 12.2. The summed E-state index contributed by atoms with van der Waals surface area (Å²) in [6, 6.07) is 5.25. The first-order valence-electron chi connectivity index (χ1n) is 6.04. The van der Waals surface area contributed by atoms with Crippen molar-refractivity contribution in [1.29, 1.82) is 0 Å². The number of nitrogens with zero attached hydrogens (tertiary/aromatic N) is 2. The van der Waals surface area contributed by atoms with Gasteiger partial charge in [0.25, 0.3) is 5.91 Å². The molecule has 0 spiro atoms. The number of carbonyl (C=O) groups excluding carboxylic acids is 2. The molecule has 0 bridgehead atoms. The second-order valence-electron chi connectivity index (χ2n) is 4.48. The lowest BCUT2D eigenvalue weighted by molar-refractivity contribution is -0.115. The summed E-state index contributed by atoms with van der Waals surface area (Å²) in [5.41, 5.74) is 2.68. The largest absolute Gasteiger partial charge is 0.492 e. The number of rotatable bonds is 2. The third-order valence-electron chi connectivity index (χ3n) is 2.95. The van der Waals surface area contributed by atoms with Crippen molar-refractivity contribution >= 4 is 56.9 Å². The van der Waals surface area contributed by atoms with Crippen LogP contribution < -0.4 is 16.0 Å². The topological polar surface area (TPSA) is 83.7 Å². The fourth-order valence-corrected chi connectivity index (χ4v) is 3.71. The Morgan fingerprint density at radius 2 is 2.23 bits per heavy atom. The molecular formula is C13H8BrN3O3S2. The summed E-state index contributed by atoms with van der Waals surface area (Å²) in [7, 11) is 0. The molecule has 9 heteroatoms. The Balaban J connectivity index is 2.31. The van der Waals surface area contributed by atoms with Crippen molar-refractivity contribution in [3.63, 3.8) is 0 Å². The van der Waals surface area contributed by atoms with Gasteiger partial charge in [-0.05, 0) is 30.4 Å². The van der Waals surface area contributed by atoms with E-state index in [-0.39, 0.29) is 26.2 Å². The van der Waals surface area contributed by atoms with Crippen molar-refractivity contribution in [2.75, 3.05) is 5.43 Å². The van der Waals surface area contributed by atoms with Gasteiger partial charge in [0, 0.05) is 16.6 Å². The fourth-order valence-electron chi connectivity index (χ4n) is 2.09. The van der Waals surface area contributed by atoms with Crippen LogP contribution in [0.15, 0.2) is 27.7 Å².